The first-order valence-corrected chi connectivity index (χ1v) is 10.3. The maximum absolute atomic E-state index is 5.37. The molecule has 1 N–H and O–H groups in total. The highest BCUT2D eigenvalue weighted by Crippen LogP contribution is 2.46. The van der Waals surface area contributed by atoms with Crippen LogP contribution in [0.5, 0.6) is 5.75 Å². The molecule has 3 aromatic rings. The lowest BCUT2D eigenvalue weighted by Gasteiger charge is -2.20. The Morgan fingerprint density at radius 1 is 1.03 bits per heavy atom. The van der Waals surface area contributed by atoms with Gasteiger partial charge in [0, 0.05) is 17.0 Å². The van der Waals surface area contributed by atoms with Gasteiger partial charge in [-0.05, 0) is 42.3 Å². The lowest BCUT2D eigenvalue weighted by molar-refractivity contribution is 0.414. The van der Waals surface area contributed by atoms with Crippen molar-refractivity contribution in [1.82, 2.24) is 5.43 Å². The third-order valence-corrected chi connectivity index (χ3v) is 5.77. The van der Waals surface area contributed by atoms with Crippen molar-refractivity contribution in [1.29, 1.82) is 0 Å². The predicted octanol–water partition coefficient (Wildman–Crippen LogP) is 5.54. The van der Waals surface area contributed by atoms with Crippen LogP contribution >= 0.6 is 11.8 Å². The molecule has 0 spiro atoms. The highest BCUT2D eigenvalue weighted by Gasteiger charge is 2.25. The third kappa shape index (κ3) is 4.46. The number of ether oxygens (including phenoxy) is 1. The number of para-hydroxylation sites is 1. The molecule has 0 bridgehead atoms. The van der Waals surface area contributed by atoms with Crippen LogP contribution in [-0.2, 0) is 6.54 Å². The summed E-state index contributed by atoms with van der Waals surface area (Å²) in [4.78, 5) is 3.59. The van der Waals surface area contributed by atoms with Crippen LogP contribution in [0.2, 0.25) is 0 Å². The number of methoxy groups -OCH3 is 1. The molecule has 0 saturated heterocycles. The molecule has 4 nitrogen and oxygen atoms in total. The smallest absolute Gasteiger partial charge is 0.127 e. The van der Waals surface area contributed by atoms with E-state index in [0.717, 1.165) is 22.9 Å². The van der Waals surface area contributed by atoms with Gasteiger partial charge < -0.3 is 9.64 Å². The molecule has 0 aromatic heterocycles. The van der Waals surface area contributed by atoms with Gasteiger partial charge in [-0.15, -0.1) is 0 Å². The van der Waals surface area contributed by atoms with E-state index in [9.17, 15) is 0 Å². The van der Waals surface area contributed by atoms with Crippen molar-refractivity contribution in [3.8, 4) is 5.75 Å². The number of hydrazone groups is 1. The lowest BCUT2D eigenvalue weighted by atomic mass is 10.2. The van der Waals surface area contributed by atoms with Gasteiger partial charge in [-0.1, -0.05) is 60.3 Å². The summed E-state index contributed by atoms with van der Waals surface area (Å²) < 4.78 is 5.37. The van der Waals surface area contributed by atoms with Crippen molar-refractivity contribution >= 4 is 23.7 Å². The topological polar surface area (TPSA) is 36.9 Å². The van der Waals surface area contributed by atoms with Crippen LogP contribution in [0.1, 0.15) is 16.7 Å². The van der Waals surface area contributed by atoms with E-state index in [4.69, 9.17) is 4.74 Å². The molecule has 0 atom stereocenters. The Bertz CT molecular complexity index is 1050. The Balaban J connectivity index is 1.55. The van der Waals surface area contributed by atoms with Crippen LogP contribution in [0.4, 0.5) is 5.69 Å². The number of benzene rings is 3. The molecular formula is C24H23N3OS. The van der Waals surface area contributed by atoms with Gasteiger partial charge in [-0.2, -0.15) is 5.10 Å². The lowest BCUT2D eigenvalue weighted by Crippen LogP contribution is -2.18. The first-order chi connectivity index (χ1) is 14.2. The summed E-state index contributed by atoms with van der Waals surface area (Å²) in [6, 6.07) is 24.9. The highest BCUT2D eigenvalue weighted by atomic mass is 32.2. The van der Waals surface area contributed by atoms with Gasteiger partial charge in [0.1, 0.15) is 5.75 Å². The molecule has 0 fully saturated rings. The van der Waals surface area contributed by atoms with Gasteiger partial charge in [0.25, 0.3) is 0 Å². The minimum absolute atomic E-state index is 0.800. The van der Waals surface area contributed by atoms with Crippen molar-refractivity contribution in [3.05, 3.63) is 101 Å². The number of nitrogens with zero attached hydrogens (tertiary/aromatic N) is 2. The number of fused-ring (bicyclic) bond motifs is 1. The van der Waals surface area contributed by atoms with Crippen molar-refractivity contribution in [2.75, 3.05) is 12.0 Å². The largest absolute Gasteiger partial charge is 0.496 e. The van der Waals surface area contributed by atoms with E-state index in [2.05, 4.69) is 64.8 Å². The van der Waals surface area contributed by atoms with E-state index in [1.165, 1.54) is 21.7 Å². The summed E-state index contributed by atoms with van der Waals surface area (Å²) in [5.74, 6) is 0.800. The molecule has 1 aliphatic heterocycles. The van der Waals surface area contributed by atoms with E-state index < -0.39 is 0 Å². The number of hydrogen-bond acceptors (Lipinski definition) is 5. The van der Waals surface area contributed by atoms with Gasteiger partial charge in [-0.25, -0.2) is 0 Å². The van der Waals surface area contributed by atoms with Gasteiger partial charge in [0.05, 0.1) is 30.2 Å². The van der Waals surface area contributed by atoms with Crippen LogP contribution in [0.15, 0.2) is 94.0 Å². The molecule has 146 valence electrons. The Morgan fingerprint density at radius 2 is 1.83 bits per heavy atom. The van der Waals surface area contributed by atoms with Gasteiger partial charge in [0.15, 0.2) is 0 Å². The van der Waals surface area contributed by atoms with Crippen LogP contribution < -0.4 is 15.1 Å². The van der Waals surface area contributed by atoms with Crippen LogP contribution in [0.25, 0.3) is 0 Å². The molecule has 1 aliphatic rings. The number of nitrogens with one attached hydrogen (secondary N) is 1. The fourth-order valence-corrected chi connectivity index (χ4v) is 4.36. The number of hydrogen-bond donors (Lipinski definition) is 1. The zero-order chi connectivity index (χ0) is 20.1. The molecule has 0 radical (unpaired) electrons. The number of anilines is 1. The molecule has 29 heavy (non-hydrogen) atoms. The third-order valence-electron chi connectivity index (χ3n) is 4.68. The molecule has 0 amide bonds. The van der Waals surface area contributed by atoms with Crippen LogP contribution in [0, 0.1) is 6.92 Å². The summed E-state index contributed by atoms with van der Waals surface area (Å²) in [7, 11) is 1.66. The summed E-state index contributed by atoms with van der Waals surface area (Å²) in [5, 5.41) is 5.48. The maximum Gasteiger partial charge on any atom is 0.127 e. The second kappa shape index (κ2) is 8.88. The minimum Gasteiger partial charge on any atom is -0.496 e. The molecule has 0 aliphatic carbocycles. The van der Waals surface area contributed by atoms with E-state index in [-0.39, 0.29) is 0 Å². The summed E-state index contributed by atoms with van der Waals surface area (Å²) >= 11 is 1.76. The molecule has 0 saturated carbocycles. The zero-order valence-corrected chi connectivity index (χ0v) is 17.3. The van der Waals surface area contributed by atoms with Gasteiger partial charge in [0.2, 0.25) is 0 Å². The van der Waals surface area contributed by atoms with E-state index in [1.54, 1.807) is 25.1 Å². The molecule has 5 heteroatoms. The summed E-state index contributed by atoms with van der Waals surface area (Å²) in [6.07, 6.45) is 3.73. The summed E-state index contributed by atoms with van der Waals surface area (Å²) in [6.45, 7) is 2.94. The fourth-order valence-electron chi connectivity index (χ4n) is 3.22. The van der Waals surface area contributed by atoms with Gasteiger partial charge in [-0.3, -0.25) is 5.43 Å². The predicted molar refractivity (Wildman–Crippen MR) is 121 cm³/mol. The van der Waals surface area contributed by atoms with Crippen molar-refractivity contribution < 1.29 is 4.74 Å². The Kier molecular flexibility index (Phi) is 5.86. The maximum atomic E-state index is 5.37. The SMILES string of the molecule is COc1ccccc1C=NNC=C1Sc2cc(C)ccc2N1Cc1ccccc1. The van der Waals surface area contributed by atoms with E-state index in [0.29, 0.717) is 0 Å². The fraction of sp³-hybridized carbons (Fsp3) is 0.125. The second-order valence-electron chi connectivity index (χ2n) is 6.76. The normalized spacial score (nSPS) is 14.4. The zero-order valence-electron chi connectivity index (χ0n) is 16.5. The molecule has 1 heterocycles. The molecular weight excluding hydrogens is 378 g/mol. The van der Waals surface area contributed by atoms with Crippen molar-refractivity contribution in [2.24, 2.45) is 5.10 Å². The quantitative estimate of drug-likeness (QED) is 0.435. The van der Waals surface area contributed by atoms with Crippen LogP contribution in [-0.4, -0.2) is 13.3 Å². The first-order valence-electron chi connectivity index (χ1n) is 9.46. The van der Waals surface area contributed by atoms with E-state index >= 15 is 0 Å². The Morgan fingerprint density at radius 3 is 2.66 bits per heavy atom. The first kappa shape index (κ1) is 19.2. The summed E-state index contributed by atoms with van der Waals surface area (Å²) in [5.41, 5.74) is 7.77. The van der Waals surface area contributed by atoms with Crippen LogP contribution in [0.3, 0.4) is 0 Å². The standard InChI is InChI=1S/C24H23N3OS/c1-18-12-13-21-23(14-18)29-24(27(21)17-19-8-4-3-5-9-19)16-26-25-15-20-10-6-7-11-22(20)28-2/h3-16,26H,17H2,1-2H3. The highest BCUT2D eigenvalue weighted by molar-refractivity contribution is 8.03. The van der Waals surface area contributed by atoms with Crippen molar-refractivity contribution in [2.45, 2.75) is 18.4 Å². The molecule has 3 aromatic carbocycles. The average Bonchev–Trinajstić information content (AvgIpc) is 3.08. The Hall–Kier alpha value is -3.18. The molecule has 0 unspecified atom stereocenters. The number of aryl methyl sites for hydroxylation is 1. The number of rotatable bonds is 6. The number of thioether (sulfide) groups is 1. The van der Waals surface area contributed by atoms with Gasteiger partial charge >= 0.3 is 0 Å². The monoisotopic (exact) mass is 401 g/mol. The van der Waals surface area contributed by atoms with Crippen molar-refractivity contribution in [3.63, 3.8) is 0 Å². The second-order valence-corrected chi connectivity index (χ2v) is 7.82. The average molecular weight is 402 g/mol. The van der Waals surface area contributed by atoms with E-state index in [1.807, 2.05) is 36.5 Å². The Labute approximate surface area is 175 Å². The minimum atomic E-state index is 0.800. The molecule has 4 rings (SSSR count).